The number of guanidine groups is 1. The minimum absolute atomic E-state index is 0. The van der Waals surface area contributed by atoms with Crippen molar-refractivity contribution in [2.24, 2.45) is 4.99 Å². The predicted octanol–water partition coefficient (Wildman–Crippen LogP) is 3.81. The second-order valence-electron chi connectivity index (χ2n) is 6.96. The van der Waals surface area contributed by atoms with E-state index in [-0.39, 0.29) is 29.7 Å². The number of likely N-dealkylation sites (tertiary alicyclic amines) is 1. The van der Waals surface area contributed by atoms with Crippen LogP contribution >= 0.6 is 24.0 Å². The fourth-order valence-electron chi connectivity index (χ4n) is 3.17. The third-order valence-corrected chi connectivity index (χ3v) is 6.12. The molecule has 0 radical (unpaired) electrons. The topological polar surface area (TPSA) is 73.8 Å². The summed E-state index contributed by atoms with van der Waals surface area (Å²) in [6.45, 7) is 2.57. The number of rotatable bonds is 6. The number of aliphatic imine (C=N–C) groups is 1. The van der Waals surface area contributed by atoms with E-state index in [4.69, 9.17) is 4.99 Å². The number of para-hydroxylation sites is 1. The molecule has 1 saturated heterocycles. The van der Waals surface area contributed by atoms with Gasteiger partial charge in [-0.05, 0) is 49.6 Å². The zero-order valence-corrected chi connectivity index (χ0v) is 19.8. The summed E-state index contributed by atoms with van der Waals surface area (Å²) in [4.78, 5) is 7.14. The van der Waals surface area contributed by atoms with Gasteiger partial charge in [-0.25, -0.2) is 18.1 Å². The summed E-state index contributed by atoms with van der Waals surface area (Å²) in [5.41, 5.74) is 2.84. The fraction of sp³-hybridized carbons (Fsp3) is 0.381. The molecule has 0 saturated carbocycles. The first-order chi connectivity index (χ1) is 13.6. The molecule has 8 heteroatoms. The van der Waals surface area contributed by atoms with Crippen LogP contribution in [0.25, 0.3) is 0 Å². The number of piperidine rings is 1. The van der Waals surface area contributed by atoms with Gasteiger partial charge < -0.3 is 10.2 Å². The lowest BCUT2D eigenvalue weighted by Gasteiger charge is -2.30. The average Bonchev–Trinajstić information content (AvgIpc) is 2.73. The molecule has 1 aliphatic heterocycles. The minimum Gasteiger partial charge on any atom is -0.343 e. The average molecular weight is 528 g/mol. The first-order valence-electron chi connectivity index (χ1n) is 9.66. The summed E-state index contributed by atoms with van der Waals surface area (Å²) in [5, 5.41) is 3.46. The molecule has 0 amide bonds. The van der Waals surface area contributed by atoms with Crippen LogP contribution in [-0.2, 0) is 22.3 Å². The van der Waals surface area contributed by atoms with Gasteiger partial charge in [0.25, 0.3) is 0 Å². The molecule has 2 N–H and O–H groups in total. The van der Waals surface area contributed by atoms with Crippen LogP contribution in [0.2, 0.25) is 0 Å². The van der Waals surface area contributed by atoms with Crippen LogP contribution in [0, 0.1) is 0 Å². The van der Waals surface area contributed by atoms with Crippen molar-refractivity contribution in [3.63, 3.8) is 0 Å². The Morgan fingerprint density at radius 2 is 1.59 bits per heavy atom. The molecule has 0 aliphatic carbocycles. The number of hydrogen-bond acceptors (Lipinski definition) is 3. The van der Waals surface area contributed by atoms with Crippen molar-refractivity contribution in [1.82, 2.24) is 9.62 Å². The molecule has 0 bridgehead atoms. The van der Waals surface area contributed by atoms with E-state index in [1.165, 1.54) is 26.3 Å². The third-order valence-electron chi connectivity index (χ3n) is 4.79. The van der Waals surface area contributed by atoms with Crippen molar-refractivity contribution in [2.75, 3.05) is 25.5 Å². The highest BCUT2D eigenvalue weighted by atomic mass is 127. The molecule has 1 fully saturated rings. The van der Waals surface area contributed by atoms with Gasteiger partial charge in [-0.3, -0.25) is 0 Å². The maximum atomic E-state index is 11.7. The molecule has 1 aliphatic rings. The van der Waals surface area contributed by atoms with Gasteiger partial charge in [-0.2, -0.15) is 0 Å². The van der Waals surface area contributed by atoms with Crippen LogP contribution in [-0.4, -0.2) is 39.4 Å². The highest BCUT2D eigenvalue weighted by Gasteiger charge is 2.15. The van der Waals surface area contributed by atoms with Gasteiger partial charge in [-0.1, -0.05) is 42.5 Å². The summed E-state index contributed by atoms with van der Waals surface area (Å²) >= 11 is 0. The lowest BCUT2D eigenvalue weighted by molar-refractivity contribution is 0.340. The standard InChI is InChI=1S/C21H28N4O2S.HI/c1-22-28(26,27)17-19-12-10-18(11-13-19)16-23-21(25-14-6-3-7-15-25)24-20-8-4-2-5-9-20;/h2,4-5,8-13,22H,3,6-7,14-17H2,1H3,(H,23,24);1H. The normalized spacial score (nSPS) is 14.9. The van der Waals surface area contributed by atoms with E-state index in [1.807, 2.05) is 54.6 Å². The van der Waals surface area contributed by atoms with Gasteiger partial charge in [0, 0.05) is 18.8 Å². The molecule has 6 nitrogen and oxygen atoms in total. The Bertz CT molecular complexity index is 881. The molecule has 1 heterocycles. The molecular formula is C21H29IN4O2S. The number of nitrogens with one attached hydrogen (secondary N) is 2. The van der Waals surface area contributed by atoms with E-state index >= 15 is 0 Å². The highest BCUT2D eigenvalue weighted by Crippen LogP contribution is 2.14. The van der Waals surface area contributed by atoms with Crippen molar-refractivity contribution in [3.8, 4) is 0 Å². The molecule has 158 valence electrons. The van der Waals surface area contributed by atoms with E-state index < -0.39 is 10.0 Å². The predicted molar refractivity (Wildman–Crippen MR) is 130 cm³/mol. The molecule has 0 unspecified atom stereocenters. The summed E-state index contributed by atoms with van der Waals surface area (Å²) in [6, 6.07) is 17.7. The quantitative estimate of drug-likeness (QED) is 0.340. The first-order valence-corrected chi connectivity index (χ1v) is 11.3. The number of nitrogens with zero attached hydrogens (tertiary/aromatic N) is 2. The Kier molecular flexibility index (Phi) is 9.38. The minimum atomic E-state index is -3.25. The van der Waals surface area contributed by atoms with E-state index in [9.17, 15) is 8.42 Å². The van der Waals surface area contributed by atoms with Crippen molar-refractivity contribution in [3.05, 3.63) is 65.7 Å². The van der Waals surface area contributed by atoms with Crippen LogP contribution in [0.15, 0.2) is 59.6 Å². The zero-order chi connectivity index (χ0) is 19.8. The Hall–Kier alpha value is -1.65. The Morgan fingerprint density at radius 1 is 0.966 bits per heavy atom. The third kappa shape index (κ3) is 7.60. The summed E-state index contributed by atoms with van der Waals surface area (Å²) < 4.78 is 25.7. The fourth-order valence-corrected chi connectivity index (χ4v) is 3.95. The second kappa shape index (κ2) is 11.5. The Morgan fingerprint density at radius 3 is 2.21 bits per heavy atom. The molecule has 0 atom stereocenters. The monoisotopic (exact) mass is 528 g/mol. The molecule has 2 aromatic carbocycles. The lowest BCUT2D eigenvalue weighted by Crippen LogP contribution is -2.40. The van der Waals surface area contributed by atoms with Crippen LogP contribution in [0.4, 0.5) is 5.69 Å². The van der Waals surface area contributed by atoms with Gasteiger partial charge in [-0.15, -0.1) is 24.0 Å². The van der Waals surface area contributed by atoms with Crippen molar-refractivity contribution < 1.29 is 8.42 Å². The van der Waals surface area contributed by atoms with E-state index in [1.54, 1.807) is 0 Å². The maximum absolute atomic E-state index is 11.7. The van der Waals surface area contributed by atoms with Crippen molar-refractivity contribution in [2.45, 2.75) is 31.6 Å². The van der Waals surface area contributed by atoms with E-state index in [0.717, 1.165) is 35.9 Å². The molecule has 3 rings (SSSR count). The van der Waals surface area contributed by atoms with Gasteiger partial charge >= 0.3 is 0 Å². The van der Waals surface area contributed by atoms with Crippen molar-refractivity contribution >= 4 is 45.6 Å². The number of halogens is 1. The largest absolute Gasteiger partial charge is 0.343 e. The first kappa shape index (κ1) is 23.6. The van der Waals surface area contributed by atoms with E-state index in [2.05, 4.69) is 14.9 Å². The van der Waals surface area contributed by atoms with E-state index in [0.29, 0.717) is 6.54 Å². The maximum Gasteiger partial charge on any atom is 0.215 e. The Balaban J connectivity index is 0.00000300. The molecule has 2 aromatic rings. The smallest absolute Gasteiger partial charge is 0.215 e. The molecular weight excluding hydrogens is 499 g/mol. The zero-order valence-electron chi connectivity index (χ0n) is 16.7. The number of benzene rings is 2. The summed E-state index contributed by atoms with van der Waals surface area (Å²) in [5.74, 6) is 0.884. The van der Waals surface area contributed by atoms with Gasteiger partial charge in [0.05, 0.1) is 12.3 Å². The molecule has 0 spiro atoms. The molecule has 29 heavy (non-hydrogen) atoms. The second-order valence-corrected chi connectivity index (χ2v) is 8.88. The Labute approximate surface area is 190 Å². The number of sulfonamides is 1. The van der Waals surface area contributed by atoms with Gasteiger partial charge in [0.15, 0.2) is 5.96 Å². The highest BCUT2D eigenvalue weighted by molar-refractivity contribution is 14.0. The summed E-state index contributed by atoms with van der Waals surface area (Å²) in [6.07, 6.45) is 3.64. The van der Waals surface area contributed by atoms with Crippen LogP contribution in [0.5, 0.6) is 0 Å². The lowest BCUT2D eigenvalue weighted by atomic mass is 10.1. The SMILES string of the molecule is CNS(=O)(=O)Cc1ccc(CN=C(Nc2ccccc2)N2CCCCC2)cc1.I. The van der Waals surface area contributed by atoms with Crippen LogP contribution in [0.1, 0.15) is 30.4 Å². The van der Waals surface area contributed by atoms with Gasteiger partial charge in [0.2, 0.25) is 10.0 Å². The van der Waals surface area contributed by atoms with Gasteiger partial charge in [0.1, 0.15) is 0 Å². The van der Waals surface area contributed by atoms with Crippen LogP contribution < -0.4 is 10.0 Å². The molecule has 0 aromatic heterocycles. The van der Waals surface area contributed by atoms with Crippen LogP contribution in [0.3, 0.4) is 0 Å². The summed E-state index contributed by atoms with van der Waals surface area (Å²) in [7, 11) is -1.82. The number of anilines is 1. The number of hydrogen-bond donors (Lipinski definition) is 2. The van der Waals surface area contributed by atoms with Crippen molar-refractivity contribution in [1.29, 1.82) is 0 Å².